The number of thiocarbonyl (C=S) groups is 1. The lowest BCUT2D eigenvalue weighted by atomic mass is 10.1. The molecule has 0 aromatic heterocycles. The van der Waals surface area contributed by atoms with Crippen LogP contribution in [0, 0.1) is 5.92 Å². The van der Waals surface area contributed by atoms with E-state index in [2.05, 4.69) is 25.8 Å². The van der Waals surface area contributed by atoms with Gasteiger partial charge in [-0.2, -0.15) is 0 Å². The summed E-state index contributed by atoms with van der Waals surface area (Å²) in [5, 5.41) is 0. The maximum absolute atomic E-state index is 5.77. The van der Waals surface area contributed by atoms with E-state index in [0.29, 0.717) is 11.6 Å². The molecular weight excluding hydrogens is 256 g/mol. The van der Waals surface area contributed by atoms with Crippen molar-refractivity contribution in [2.24, 2.45) is 11.7 Å². The fourth-order valence-electron chi connectivity index (χ4n) is 1.70. The number of nitrogens with zero attached hydrogens (tertiary/aromatic N) is 1. The number of rotatable bonds is 8. The molecule has 1 aromatic rings. The molecule has 0 aliphatic rings. The number of benzene rings is 1. The van der Waals surface area contributed by atoms with Crippen LogP contribution < -0.4 is 10.5 Å². The summed E-state index contributed by atoms with van der Waals surface area (Å²) in [7, 11) is 2.12. The van der Waals surface area contributed by atoms with E-state index in [0.717, 1.165) is 30.3 Å². The third-order valence-electron chi connectivity index (χ3n) is 2.97. The summed E-state index contributed by atoms with van der Waals surface area (Å²) in [6.45, 7) is 7.12. The summed E-state index contributed by atoms with van der Waals surface area (Å²) in [5.41, 5.74) is 6.48. The van der Waals surface area contributed by atoms with Gasteiger partial charge in [0, 0.05) is 6.54 Å². The van der Waals surface area contributed by atoms with Crippen LogP contribution in [-0.2, 0) is 0 Å². The molecule has 19 heavy (non-hydrogen) atoms. The molecule has 0 saturated heterocycles. The van der Waals surface area contributed by atoms with Gasteiger partial charge in [-0.05, 0) is 38.1 Å². The molecule has 0 aliphatic heterocycles. The van der Waals surface area contributed by atoms with E-state index in [-0.39, 0.29) is 0 Å². The van der Waals surface area contributed by atoms with Gasteiger partial charge in [0.05, 0.1) is 5.56 Å². The summed E-state index contributed by atoms with van der Waals surface area (Å²) in [6, 6.07) is 7.64. The second kappa shape index (κ2) is 8.12. The van der Waals surface area contributed by atoms with E-state index in [4.69, 9.17) is 22.7 Å². The Morgan fingerprint density at radius 1 is 1.32 bits per heavy atom. The summed E-state index contributed by atoms with van der Waals surface area (Å²) in [4.78, 5) is 2.66. The molecule has 0 unspecified atom stereocenters. The minimum atomic E-state index is 0.378. The van der Waals surface area contributed by atoms with Crippen LogP contribution in [0.15, 0.2) is 24.3 Å². The average molecular weight is 280 g/mol. The molecule has 1 rings (SSSR count). The Labute approximate surface area is 121 Å². The predicted molar refractivity (Wildman–Crippen MR) is 84.8 cm³/mol. The standard InChI is InChI=1S/C15H24N2OS/c1-12(2)8-9-17(3)10-11-18-14-7-5-4-6-13(14)15(16)19/h4-7,12H,8-11H2,1-3H3,(H2,16,19). The minimum Gasteiger partial charge on any atom is -0.492 e. The van der Waals surface area contributed by atoms with Gasteiger partial charge in [0.2, 0.25) is 0 Å². The van der Waals surface area contributed by atoms with Crippen molar-refractivity contribution in [1.29, 1.82) is 0 Å². The highest BCUT2D eigenvalue weighted by atomic mass is 32.1. The fourth-order valence-corrected chi connectivity index (χ4v) is 1.87. The van der Waals surface area contributed by atoms with E-state index in [9.17, 15) is 0 Å². The van der Waals surface area contributed by atoms with Crippen LogP contribution in [0.5, 0.6) is 5.75 Å². The molecule has 0 aliphatic carbocycles. The van der Waals surface area contributed by atoms with Crippen LogP contribution in [0.2, 0.25) is 0 Å². The molecule has 0 atom stereocenters. The smallest absolute Gasteiger partial charge is 0.129 e. The van der Waals surface area contributed by atoms with Gasteiger partial charge in [-0.25, -0.2) is 0 Å². The minimum absolute atomic E-state index is 0.378. The molecule has 0 heterocycles. The van der Waals surface area contributed by atoms with Crippen LogP contribution in [0.1, 0.15) is 25.8 Å². The quantitative estimate of drug-likeness (QED) is 0.743. The molecule has 3 nitrogen and oxygen atoms in total. The number of nitrogens with two attached hydrogens (primary N) is 1. The summed E-state index contributed by atoms with van der Waals surface area (Å²) in [5.74, 6) is 1.51. The van der Waals surface area contributed by atoms with E-state index >= 15 is 0 Å². The monoisotopic (exact) mass is 280 g/mol. The van der Waals surface area contributed by atoms with Crippen LogP contribution in [0.25, 0.3) is 0 Å². The Hall–Kier alpha value is -1.13. The number of hydrogen-bond donors (Lipinski definition) is 1. The molecule has 0 amide bonds. The van der Waals surface area contributed by atoms with Gasteiger partial charge < -0.3 is 15.4 Å². The highest BCUT2D eigenvalue weighted by molar-refractivity contribution is 7.80. The summed E-state index contributed by atoms with van der Waals surface area (Å²) in [6.07, 6.45) is 1.21. The second-order valence-electron chi connectivity index (χ2n) is 5.19. The maximum atomic E-state index is 5.77. The van der Waals surface area contributed by atoms with Crippen molar-refractivity contribution in [3.8, 4) is 5.75 Å². The van der Waals surface area contributed by atoms with Crippen LogP contribution in [-0.4, -0.2) is 36.6 Å². The molecule has 4 heteroatoms. The Morgan fingerprint density at radius 3 is 2.63 bits per heavy atom. The molecule has 2 N–H and O–H groups in total. The predicted octanol–water partition coefficient (Wildman–Crippen LogP) is 2.68. The van der Waals surface area contributed by atoms with Crippen molar-refractivity contribution in [3.05, 3.63) is 29.8 Å². The van der Waals surface area contributed by atoms with E-state index in [1.54, 1.807) is 0 Å². The summed E-state index contributed by atoms with van der Waals surface area (Å²) < 4.78 is 5.77. The third-order valence-corrected chi connectivity index (χ3v) is 3.19. The van der Waals surface area contributed by atoms with Gasteiger partial charge >= 0.3 is 0 Å². The Bertz CT molecular complexity index is 407. The molecule has 0 saturated carbocycles. The van der Waals surface area contributed by atoms with Crippen LogP contribution >= 0.6 is 12.2 Å². The number of ether oxygens (including phenoxy) is 1. The first kappa shape index (κ1) is 15.9. The van der Waals surface area contributed by atoms with Gasteiger partial charge in [0.15, 0.2) is 0 Å². The SMILES string of the molecule is CC(C)CCN(C)CCOc1ccccc1C(N)=S. The van der Waals surface area contributed by atoms with Crippen molar-refractivity contribution in [2.45, 2.75) is 20.3 Å². The van der Waals surface area contributed by atoms with Crippen molar-refractivity contribution in [3.63, 3.8) is 0 Å². The maximum Gasteiger partial charge on any atom is 0.129 e. The lowest BCUT2D eigenvalue weighted by molar-refractivity contribution is 0.230. The van der Waals surface area contributed by atoms with Gasteiger partial charge in [0.25, 0.3) is 0 Å². The molecule has 0 bridgehead atoms. The zero-order valence-corrected chi connectivity index (χ0v) is 12.9. The second-order valence-corrected chi connectivity index (χ2v) is 5.63. The highest BCUT2D eigenvalue weighted by Gasteiger charge is 2.06. The highest BCUT2D eigenvalue weighted by Crippen LogP contribution is 2.17. The topological polar surface area (TPSA) is 38.5 Å². The van der Waals surface area contributed by atoms with Gasteiger partial charge in [-0.1, -0.05) is 38.2 Å². The number of hydrogen-bond acceptors (Lipinski definition) is 3. The molecule has 0 radical (unpaired) electrons. The average Bonchev–Trinajstić information content (AvgIpc) is 2.36. The Balaban J connectivity index is 2.39. The van der Waals surface area contributed by atoms with Crippen molar-refractivity contribution in [2.75, 3.05) is 26.7 Å². The zero-order chi connectivity index (χ0) is 14.3. The molecule has 106 valence electrons. The molecule has 1 aromatic carbocycles. The van der Waals surface area contributed by atoms with Crippen molar-refractivity contribution >= 4 is 17.2 Å². The first-order chi connectivity index (χ1) is 9.00. The summed E-state index contributed by atoms with van der Waals surface area (Å²) >= 11 is 5.01. The van der Waals surface area contributed by atoms with Gasteiger partial charge in [0.1, 0.15) is 17.3 Å². The lowest BCUT2D eigenvalue weighted by Gasteiger charge is -2.18. The van der Waals surface area contributed by atoms with E-state index in [1.807, 2.05) is 24.3 Å². The van der Waals surface area contributed by atoms with Gasteiger partial charge in [-0.3, -0.25) is 0 Å². The normalized spacial score (nSPS) is 11.0. The largest absolute Gasteiger partial charge is 0.492 e. The fraction of sp³-hybridized carbons (Fsp3) is 0.533. The molecular formula is C15H24N2OS. The van der Waals surface area contributed by atoms with E-state index in [1.165, 1.54) is 6.42 Å². The third kappa shape index (κ3) is 6.03. The first-order valence-corrected chi connectivity index (χ1v) is 7.11. The van der Waals surface area contributed by atoms with Crippen LogP contribution in [0.3, 0.4) is 0 Å². The van der Waals surface area contributed by atoms with Crippen LogP contribution in [0.4, 0.5) is 0 Å². The lowest BCUT2D eigenvalue weighted by Crippen LogP contribution is -2.26. The Morgan fingerprint density at radius 2 is 2.00 bits per heavy atom. The zero-order valence-electron chi connectivity index (χ0n) is 12.1. The first-order valence-electron chi connectivity index (χ1n) is 6.71. The van der Waals surface area contributed by atoms with Crippen molar-refractivity contribution < 1.29 is 4.74 Å². The van der Waals surface area contributed by atoms with Gasteiger partial charge in [-0.15, -0.1) is 0 Å². The van der Waals surface area contributed by atoms with Crippen molar-refractivity contribution in [1.82, 2.24) is 4.90 Å². The molecule has 0 spiro atoms. The number of para-hydroxylation sites is 1. The Kier molecular flexibility index (Phi) is 6.81. The molecule has 0 fully saturated rings. The number of likely N-dealkylation sites (N-methyl/N-ethyl adjacent to an activating group) is 1. The van der Waals surface area contributed by atoms with E-state index < -0.39 is 0 Å².